The number of hydrogen-bond donors (Lipinski definition) is 2. The molecular weight excluding hydrogens is 402 g/mol. The second-order valence-corrected chi connectivity index (χ2v) is 10.3. The molecule has 0 bridgehead atoms. The Hall–Kier alpha value is -2.00. The van der Waals surface area contributed by atoms with E-state index in [1.54, 1.807) is 30.1 Å². The first-order valence-electron chi connectivity index (χ1n) is 10.9. The van der Waals surface area contributed by atoms with Crippen LogP contribution in [0.3, 0.4) is 0 Å². The van der Waals surface area contributed by atoms with Gasteiger partial charge in [0.25, 0.3) is 0 Å². The number of hydrogen-bond acceptors (Lipinski definition) is 6. The van der Waals surface area contributed by atoms with Crippen LogP contribution in [0.25, 0.3) is 0 Å². The van der Waals surface area contributed by atoms with E-state index in [9.17, 15) is 14.4 Å². The minimum atomic E-state index is -1.22. The summed E-state index contributed by atoms with van der Waals surface area (Å²) in [6.07, 6.45) is 6.44. The fourth-order valence-corrected chi connectivity index (χ4v) is 5.83. The second-order valence-electron chi connectivity index (χ2n) is 9.14. The summed E-state index contributed by atoms with van der Waals surface area (Å²) in [4.78, 5) is 46.9. The summed E-state index contributed by atoms with van der Waals surface area (Å²) < 4.78 is 0. The summed E-state index contributed by atoms with van der Waals surface area (Å²) >= 11 is 1.60. The Morgan fingerprint density at radius 3 is 2.77 bits per heavy atom. The van der Waals surface area contributed by atoms with Gasteiger partial charge in [-0.3, -0.25) is 19.3 Å². The standard InChI is InChI=1S/C21H31N5O3S/c1-21(2,19(22)28)20(29)25-10-8-16-14(12-25)24-17(30-16)11-23-18(27)15-7-6-13-5-3-4-9-26(13)15/h13,15H,3-12H2,1-2H3,(H2,22,28)(H,23,27). The molecule has 4 heterocycles. The maximum atomic E-state index is 12.8. The lowest BCUT2D eigenvalue weighted by atomic mass is 9.90. The first-order chi connectivity index (χ1) is 14.3. The Balaban J connectivity index is 1.35. The minimum Gasteiger partial charge on any atom is -0.369 e. The Bertz CT molecular complexity index is 852. The van der Waals surface area contributed by atoms with Crippen LogP contribution in [0.2, 0.25) is 0 Å². The summed E-state index contributed by atoms with van der Waals surface area (Å²) in [6, 6.07) is 0.573. The van der Waals surface area contributed by atoms with Gasteiger partial charge in [0.05, 0.1) is 24.8 Å². The van der Waals surface area contributed by atoms with Crippen molar-refractivity contribution in [3.8, 4) is 0 Å². The van der Waals surface area contributed by atoms with E-state index in [1.807, 2.05) is 0 Å². The van der Waals surface area contributed by atoms with Crippen molar-refractivity contribution in [2.24, 2.45) is 11.1 Å². The third kappa shape index (κ3) is 3.97. The van der Waals surface area contributed by atoms with Gasteiger partial charge < -0.3 is 16.0 Å². The van der Waals surface area contributed by atoms with Crippen molar-refractivity contribution in [1.29, 1.82) is 0 Å². The molecule has 3 aliphatic heterocycles. The predicted molar refractivity (Wildman–Crippen MR) is 113 cm³/mol. The zero-order chi connectivity index (χ0) is 21.5. The number of fused-ring (bicyclic) bond motifs is 2. The topological polar surface area (TPSA) is 109 Å². The number of primary amides is 1. The molecule has 1 aromatic heterocycles. The van der Waals surface area contributed by atoms with E-state index >= 15 is 0 Å². The summed E-state index contributed by atoms with van der Waals surface area (Å²) in [5, 5.41) is 3.95. The van der Waals surface area contributed by atoms with Crippen LogP contribution in [0.4, 0.5) is 0 Å². The molecule has 0 aromatic carbocycles. The van der Waals surface area contributed by atoms with Gasteiger partial charge in [0.15, 0.2) is 0 Å². The normalized spacial score (nSPS) is 24.3. The molecule has 3 aliphatic rings. The molecule has 4 rings (SSSR count). The molecule has 2 saturated heterocycles. The van der Waals surface area contributed by atoms with Crippen molar-refractivity contribution < 1.29 is 14.4 Å². The number of piperidine rings is 1. The lowest BCUT2D eigenvalue weighted by Gasteiger charge is -2.33. The zero-order valence-electron chi connectivity index (χ0n) is 17.8. The summed E-state index contributed by atoms with van der Waals surface area (Å²) in [6.45, 7) is 5.50. The fourth-order valence-electron chi connectivity index (χ4n) is 4.82. The lowest BCUT2D eigenvalue weighted by molar-refractivity contribution is -0.148. The highest BCUT2D eigenvalue weighted by Gasteiger charge is 2.40. The van der Waals surface area contributed by atoms with Crippen molar-refractivity contribution >= 4 is 29.1 Å². The average molecular weight is 434 g/mol. The SMILES string of the molecule is CC(C)(C(N)=O)C(=O)N1CCc2sc(CNC(=O)C3CCC4CCCCN43)nc2C1. The van der Waals surface area contributed by atoms with E-state index in [0.29, 0.717) is 32.1 Å². The van der Waals surface area contributed by atoms with Crippen molar-refractivity contribution in [3.63, 3.8) is 0 Å². The highest BCUT2D eigenvalue weighted by molar-refractivity contribution is 7.11. The Labute approximate surface area is 181 Å². The van der Waals surface area contributed by atoms with Gasteiger partial charge in [0.2, 0.25) is 17.7 Å². The summed E-state index contributed by atoms with van der Waals surface area (Å²) in [5.74, 6) is -0.781. The van der Waals surface area contributed by atoms with E-state index in [4.69, 9.17) is 5.73 Å². The molecule has 2 fully saturated rings. The number of nitrogens with one attached hydrogen (secondary N) is 1. The zero-order valence-corrected chi connectivity index (χ0v) is 18.6. The molecular formula is C21H31N5O3S. The number of carbonyl (C=O) groups is 3. The van der Waals surface area contributed by atoms with Crippen molar-refractivity contribution in [2.75, 3.05) is 13.1 Å². The third-order valence-corrected chi connectivity index (χ3v) is 7.93. The van der Waals surface area contributed by atoms with E-state index in [-0.39, 0.29) is 17.9 Å². The van der Waals surface area contributed by atoms with Crippen LogP contribution in [0.5, 0.6) is 0 Å². The molecule has 2 unspecified atom stereocenters. The third-order valence-electron chi connectivity index (χ3n) is 6.77. The molecule has 0 radical (unpaired) electrons. The highest BCUT2D eigenvalue weighted by Crippen LogP contribution is 2.32. The fraction of sp³-hybridized carbons (Fsp3) is 0.714. The van der Waals surface area contributed by atoms with E-state index in [0.717, 1.165) is 35.0 Å². The predicted octanol–water partition coefficient (Wildman–Crippen LogP) is 1.17. The maximum Gasteiger partial charge on any atom is 0.238 e. The largest absolute Gasteiger partial charge is 0.369 e. The number of nitrogens with zero attached hydrogens (tertiary/aromatic N) is 3. The molecule has 0 saturated carbocycles. The van der Waals surface area contributed by atoms with Gasteiger partial charge in [-0.2, -0.15) is 0 Å². The Kier molecular flexibility index (Phi) is 5.85. The number of nitrogens with two attached hydrogens (primary N) is 1. The Morgan fingerprint density at radius 1 is 1.20 bits per heavy atom. The first-order valence-corrected chi connectivity index (χ1v) is 11.7. The number of thiazole rings is 1. The number of rotatable bonds is 5. The first kappa shape index (κ1) is 21.2. The van der Waals surface area contributed by atoms with E-state index in [2.05, 4.69) is 15.2 Å². The van der Waals surface area contributed by atoms with E-state index < -0.39 is 11.3 Å². The van der Waals surface area contributed by atoms with Gasteiger partial charge in [-0.15, -0.1) is 11.3 Å². The van der Waals surface area contributed by atoms with Gasteiger partial charge in [-0.05, 0) is 46.1 Å². The van der Waals surface area contributed by atoms with Crippen LogP contribution in [0, 0.1) is 5.41 Å². The quantitative estimate of drug-likeness (QED) is 0.678. The molecule has 0 spiro atoms. The highest BCUT2D eigenvalue weighted by atomic mass is 32.1. The molecule has 1 aromatic rings. The van der Waals surface area contributed by atoms with Crippen LogP contribution >= 0.6 is 11.3 Å². The van der Waals surface area contributed by atoms with Crippen LogP contribution in [0.1, 0.15) is 61.5 Å². The number of carbonyl (C=O) groups excluding carboxylic acids is 3. The lowest BCUT2D eigenvalue weighted by Crippen LogP contribution is -2.49. The van der Waals surface area contributed by atoms with Gasteiger partial charge >= 0.3 is 0 Å². The molecule has 8 nitrogen and oxygen atoms in total. The molecule has 3 N–H and O–H groups in total. The number of aromatic nitrogens is 1. The van der Waals surface area contributed by atoms with Gasteiger partial charge in [-0.1, -0.05) is 6.42 Å². The summed E-state index contributed by atoms with van der Waals surface area (Å²) in [5.41, 5.74) is 5.03. The second kappa shape index (κ2) is 8.26. The van der Waals surface area contributed by atoms with Crippen LogP contribution in [-0.2, 0) is 33.9 Å². The smallest absolute Gasteiger partial charge is 0.238 e. The van der Waals surface area contributed by atoms with Crippen molar-refractivity contribution in [1.82, 2.24) is 20.1 Å². The Morgan fingerprint density at radius 2 is 2.00 bits per heavy atom. The molecule has 3 amide bonds. The molecule has 164 valence electrons. The van der Waals surface area contributed by atoms with Crippen LogP contribution in [-0.4, -0.2) is 57.7 Å². The molecule has 30 heavy (non-hydrogen) atoms. The monoisotopic (exact) mass is 433 g/mol. The van der Waals surface area contributed by atoms with Gasteiger partial charge in [0, 0.05) is 23.9 Å². The minimum absolute atomic E-state index is 0.00553. The van der Waals surface area contributed by atoms with Gasteiger partial charge in [-0.25, -0.2) is 4.98 Å². The van der Waals surface area contributed by atoms with Crippen LogP contribution < -0.4 is 11.1 Å². The number of amides is 3. The van der Waals surface area contributed by atoms with Crippen molar-refractivity contribution in [3.05, 3.63) is 15.6 Å². The van der Waals surface area contributed by atoms with Crippen molar-refractivity contribution in [2.45, 2.75) is 77.5 Å². The molecule has 2 atom stereocenters. The molecule has 9 heteroatoms. The average Bonchev–Trinajstić information content (AvgIpc) is 3.34. The molecule has 0 aliphatic carbocycles. The van der Waals surface area contributed by atoms with E-state index in [1.165, 1.54) is 19.3 Å². The summed E-state index contributed by atoms with van der Waals surface area (Å²) in [7, 11) is 0. The van der Waals surface area contributed by atoms with Crippen LogP contribution in [0.15, 0.2) is 0 Å². The maximum absolute atomic E-state index is 12.8. The van der Waals surface area contributed by atoms with Gasteiger partial charge in [0.1, 0.15) is 10.4 Å².